The first-order chi connectivity index (χ1) is 10.6. The fourth-order valence-corrected chi connectivity index (χ4v) is 3.15. The summed E-state index contributed by atoms with van der Waals surface area (Å²) in [7, 11) is 1.55. The number of hydrogen-bond acceptors (Lipinski definition) is 4. The minimum atomic E-state index is -0.493. The zero-order valence-corrected chi connectivity index (χ0v) is 13.4. The van der Waals surface area contributed by atoms with Crippen LogP contribution in [0.1, 0.15) is 29.6 Å². The zero-order chi connectivity index (χ0) is 15.6. The molecule has 2 fully saturated rings. The highest BCUT2D eigenvalue weighted by atomic mass is 35.5. The number of likely N-dealkylation sites (tertiary alicyclic amines) is 1. The van der Waals surface area contributed by atoms with Crippen LogP contribution in [0.15, 0.2) is 18.2 Å². The topological polar surface area (TPSA) is 48.0 Å². The van der Waals surface area contributed by atoms with Gasteiger partial charge in [-0.3, -0.25) is 4.79 Å². The van der Waals surface area contributed by atoms with Crippen molar-refractivity contribution in [2.24, 2.45) is 0 Å². The van der Waals surface area contributed by atoms with E-state index < -0.39 is 5.79 Å². The summed E-state index contributed by atoms with van der Waals surface area (Å²) in [5, 5.41) is 0.525. The highest BCUT2D eigenvalue weighted by molar-refractivity contribution is 6.31. The molecule has 2 heterocycles. The van der Waals surface area contributed by atoms with Crippen molar-refractivity contribution >= 4 is 17.5 Å². The number of piperidine rings is 1. The van der Waals surface area contributed by atoms with E-state index in [9.17, 15) is 4.79 Å². The summed E-state index contributed by atoms with van der Waals surface area (Å²) >= 11 is 6.01. The number of ether oxygens (including phenoxy) is 3. The first kappa shape index (κ1) is 15.6. The van der Waals surface area contributed by atoms with Crippen molar-refractivity contribution in [3.63, 3.8) is 0 Å². The van der Waals surface area contributed by atoms with E-state index in [1.54, 1.807) is 30.2 Å². The quantitative estimate of drug-likeness (QED) is 0.839. The molecule has 1 aromatic rings. The highest BCUT2D eigenvalue weighted by Gasteiger charge is 2.39. The van der Waals surface area contributed by atoms with Gasteiger partial charge in [0.2, 0.25) is 0 Å². The van der Waals surface area contributed by atoms with Crippen LogP contribution in [0.4, 0.5) is 0 Å². The first-order valence-electron chi connectivity index (χ1n) is 7.54. The molecule has 6 heteroatoms. The van der Waals surface area contributed by atoms with E-state index in [0.717, 1.165) is 19.6 Å². The fourth-order valence-electron chi connectivity index (χ4n) is 2.97. The van der Waals surface area contributed by atoms with Crippen molar-refractivity contribution in [3.8, 4) is 5.75 Å². The second-order valence-electron chi connectivity index (χ2n) is 5.60. The van der Waals surface area contributed by atoms with E-state index >= 15 is 0 Å². The van der Waals surface area contributed by atoms with Gasteiger partial charge in [-0.15, -0.1) is 0 Å². The van der Waals surface area contributed by atoms with Crippen LogP contribution in [0.2, 0.25) is 5.02 Å². The molecule has 5 nitrogen and oxygen atoms in total. The third-order valence-corrected chi connectivity index (χ3v) is 4.46. The van der Waals surface area contributed by atoms with E-state index in [1.165, 1.54) is 0 Å². The molecular weight excluding hydrogens is 306 g/mol. The Hall–Kier alpha value is -1.30. The van der Waals surface area contributed by atoms with Gasteiger partial charge in [-0.25, -0.2) is 0 Å². The largest absolute Gasteiger partial charge is 0.496 e. The number of amides is 1. The smallest absolute Gasteiger partial charge is 0.257 e. The van der Waals surface area contributed by atoms with Crippen LogP contribution in [0.25, 0.3) is 0 Å². The Morgan fingerprint density at radius 3 is 2.59 bits per heavy atom. The Labute approximate surface area is 135 Å². The number of nitrogens with zero attached hydrogens (tertiary/aromatic N) is 1. The lowest BCUT2D eigenvalue weighted by atomic mass is 10.0. The highest BCUT2D eigenvalue weighted by Crippen LogP contribution is 2.32. The van der Waals surface area contributed by atoms with Crippen molar-refractivity contribution in [1.82, 2.24) is 4.90 Å². The van der Waals surface area contributed by atoms with E-state index in [4.69, 9.17) is 25.8 Å². The van der Waals surface area contributed by atoms with Crippen molar-refractivity contribution in [3.05, 3.63) is 28.8 Å². The Kier molecular flexibility index (Phi) is 4.57. The Morgan fingerprint density at radius 2 is 1.95 bits per heavy atom. The number of halogens is 1. The lowest BCUT2D eigenvalue weighted by Crippen LogP contribution is -2.51. The molecule has 3 rings (SSSR count). The molecule has 1 spiro atoms. The lowest BCUT2D eigenvalue weighted by molar-refractivity contribution is -0.281. The summed E-state index contributed by atoms with van der Waals surface area (Å²) in [6, 6.07) is 5.08. The SMILES string of the molecule is COc1ccc(Cl)cc1C(=O)N1CCC2(CC1)OCCCO2. The van der Waals surface area contributed by atoms with Gasteiger partial charge in [-0.2, -0.15) is 0 Å². The molecule has 1 aromatic carbocycles. The number of hydrogen-bond donors (Lipinski definition) is 0. The van der Waals surface area contributed by atoms with Crippen LogP contribution in [0, 0.1) is 0 Å². The lowest BCUT2D eigenvalue weighted by Gasteiger charge is -2.43. The zero-order valence-electron chi connectivity index (χ0n) is 12.6. The van der Waals surface area contributed by atoms with Gasteiger partial charge in [0.1, 0.15) is 5.75 Å². The van der Waals surface area contributed by atoms with Gasteiger partial charge in [-0.05, 0) is 24.6 Å². The van der Waals surface area contributed by atoms with Gasteiger partial charge < -0.3 is 19.1 Å². The van der Waals surface area contributed by atoms with E-state index in [1.807, 2.05) is 0 Å². The molecule has 0 saturated carbocycles. The molecule has 2 saturated heterocycles. The maximum atomic E-state index is 12.7. The number of benzene rings is 1. The van der Waals surface area contributed by atoms with Crippen molar-refractivity contribution < 1.29 is 19.0 Å². The third kappa shape index (κ3) is 3.07. The van der Waals surface area contributed by atoms with Crippen LogP contribution in [-0.2, 0) is 9.47 Å². The molecule has 0 aliphatic carbocycles. The fraction of sp³-hybridized carbons (Fsp3) is 0.562. The van der Waals surface area contributed by atoms with Crippen LogP contribution in [-0.4, -0.2) is 50.0 Å². The molecule has 0 unspecified atom stereocenters. The standard InChI is InChI=1S/C16H20ClNO4/c1-20-14-4-3-12(17)11-13(14)15(19)18-7-5-16(6-8-18)21-9-2-10-22-16/h3-4,11H,2,5-10H2,1H3. The normalized spacial score (nSPS) is 20.9. The van der Waals surface area contributed by atoms with Crippen molar-refractivity contribution in [2.75, 3.05) is 33.4 Å². The van der Waals surface area contributed by atoms with Crippen LogP contribution in [0.3, 0.4) is 0 Å². The summed E-state index contributed by atoms with van der Waals surface area (Å²) in [4.78, 5) is 14.5. The van der Waals surface area contributed by atoms with E-state index in [2.05, 4.69) is 0 Å². The minimum absolute atomic E-state index is 0.0648. The summed E-state index contributed by atoms with van der Waals surface area (Å²) < 4.78 is 16.9. The van der Waals surface area contributed by atoms with Crippen LogP contribution in [0.5, 0.6) is 5.75 Å². The van der Waals surface area contributed by atoms with Gasteiger partial charge in [0, 0.05) is 31.0 Å². The summed E-state index contributed by atoms with van der Waals surface area (Å²) in [5.74, 6) is -0.0159. The second kappa shape index (κ2) is 6.44. The monoisotopic (exact) mass is 325 g/mol. The second-order valence-corrected chi connectivity index (χ2v) is 6.03. The van der Waals surface area contributed by atoms with Gasteiger partial charge in [0.15, 0.2) is 5.79 Å². The molecule has 0 N–H and O–H groups in total. The van der Waals surface area contributed by atoms with E-state index in [0.29, 0.717) is 42.3 Å². The molecule has 2 aliphatic heterocycles. The van der Waals surface area contributed by atoms with E-state index in [-0.39, 0.29) is 5.91 Å². The maximum Gasteiger partial charge on any atom is 0.257 e. The Balaban J connectivity index is 1.71. The predicted octanol–water partition coefficient (Wildman–Crippen LogP) is 2.72. The Morgan fingerprint density at radius 1 is 1.27 bits per heavy atom. The molecular formula is C16H20ClNO4. The third-order valence-electron chi connectivity index (χ3n) is 4.22. The molecule has 120 valence electrons. The molecule has 0 bridgehead atoms. The molecule has 0 radical (unpaired) electrons. The average Bonchev–Trinajstić information content (AvgIpc) is 2.56. The number of carbonyl (C=O) groups is 1. The Bertz CT molecular complexity index is 547. The number of methoxy groups -OCH3 is 1. The van der Waals surface area contributed by atoms with Crippen LogP contribution < -0.4 is 4.74 Å². The molecule has 22 heavy (non-hydrogen) atoms. The van der Waals surface area contributed by atoms with Crippen molar-refractivity contribution in [1.29, 1.82) is 0 Å². The maximum absolute atomic E-state index is 12.7. The van der Waals surface area contributed by atoms with Gasteiger partial charge in [0.25, 0.3) is 5.91 Å². The molecule has 1 amide bonds. The molecule has 0 aromatic heterocycles. The minimum Gasteiger partial charge on any atom is -0.496 e. The molecule has 2 aliphatic rings. The van der Waals surface area contributed by atoms with Gasteiger partial charge >= 0.3 is 0 Å². The molecule has 0 atom stereocenters. The summed E-state index contributed by atoms with van der Waals surface area (Å²) in [6.07, 6.45) is 2.33. The van der Waals surface area contributed by atoms with Crippen molar-refractivity contribution in [2.45, 2.75) is 25.0 Å². The summed E-state index contributed by atoms with van der Waals surface area (Å²) in [5.41, 5.74) is 0.497. The van der Waals surface area contributed by atoms with Gasteiger partial charge in [0.05, 0.1) is 25.9 Å². The summed E-state index contributed by atoms with van der Waals surface area (Å²) in [6.45, 7) is 2.68. The number of rotatable bonds is 2. The number of carbonyl (C=O) groups excluding carboxylic acids is 1. The van der Waals surface area contributed by atoms with Gasteiger partial charge in [-0.1, -0.05) is 11.6 Å². The first-order valence-corrected chi connectivity index (χ1v) is 7.92. The average molecular weight is 326 g/mol. The predicted molar refractivity (Wildman–Crippen MR) is 82.4 cm³/mol. The van der Waals surface area contributed by atoms with Crippen LogP contribution >= 0.6 is 11.6 Å².